The number of nitrogens with zero attached hydrogens (tertiary/aromatic N) is 3. The second-order valence-electron chi connectivity index (χ2n) is 5.57. The van der Waals surface area contributed by atoms with Crippen LogP contribution in [0, 0.1) is 0 Å². The van der Waals surface area contributed by atoms with Crippen LogP contribution in [-0.4, -0.2) is 27.9 Å². The van der Waals surface area contributed by atoms with E-state index in [4.69, 9.17) is 0 Å². The van der Waals surface area contributed by atoms with Crippen LogP contribution < -0.4 is 10.2 Å². The Labute approximate surface area is 152 Å². The van der Waals surface area contributed by atoms with Gasteiger partial charge in [-0.15, -0.1) is 0 Å². The van der Waals surface area contributed by atoms with Gasteiger partial charge in [0.25, 0.3) is 11.8 Å². The summed E-state index contributed by atoms with van der Waals surface area (Å²) < 4.78 is 0. The average molecular weight is 364 g/mol. The van der Waals surface area contributed by atoms with Gasteiger partial charge < -0.3 is 5.32 Å². The number of benzene rings is 1. The normalized spacial score (nSPS) is 20.5. The maximum atomic E-state index is 12.8. The summed E-state index contributed by atoms with van der Waals surface area (Å²) in [5.74, 6) is -1.31. The van der Waals surface area contributed by atoms with Crippen LogP contribution in [-0.2, 0) is 14.4 Å². The van der Waals surface area contributed by atoms with Gasteiger partial charge in [-0.25, -0.2) is 9.89 Å². The van der Waals surface area contributed by atoms with Crippen molar-refractivity contribution in [3.05, 3.63) is 59.3 Å². The van der Waals surface area contributed by atoms with E-state index in [1.807, 2.05) is 0 Å². The van der Waals surface area contributed by atoms with E-state index in [0.717, 1.165) is 16.7 Å². The largest absolute Gasteiger partial charge is 0.300 e. The van der Waals surface area contributed by atoms with Crippen LogP contribution >= 0.6 is 11.8 Å². The molecule has 0 bridgehead atoms. The first-order chi connectivity index (χ1) is 12.6. The minimum absolute atomic E-state index is 0.217. The van der Waals surface area contributed by atoms with Gasteiger partial charge >= 0.3 is 0 Å². The summed E-state index contributed by atoms with van der Waals surface area (Å²) in [5.41, 5.74) is 1.85. The summed E-state index contributed by atoms with van der Waals surface area (Å²) in [7, 11) is 0. The number of nitrogens with one attached hydrogen (secondary N) is 1. The fourth-order valence-electron chi connectivity index (χ4n) is 2.82. The lowest BCUT2D eigenvalue weighted by Gasteiger charge is -2.11. The van der Waals surface area contributed by atoms with Crippen LogP contribution in [0.5, 0.6) is 0 Å². The van der Waals surface area contributed by atoms with Crippen LogP contribution in [0.15, 0.2) is 58.7 Å². The SMILES string of the molecule is CC(=O)N1C(=O)/C(=C2\SC(=Nc3cccnc3)NC2=O)c2ccccc21. The summed E-state index contributed by atoms with van der Waals surface area (Å²) >= 11 is 1.07. The van der Waals surface area contributed by atoms with Crippen LogP contribution in [0.4, 0.5) is 11.4 Å². The number of carbonyl (C=O) groups is 3. The average Bonchev–Trinajstić information content (AvgIpc) is 3.11. The molecule has 4 rings (SSSR count). The third-order valence-electron chi connectivity index (χ3n) is 3.88. The summed E-state index contributed by atoms with van der Waals surface area (Å²) in [5, 5.41) is 3.02. The van der Waals surface area contributed by atoms with Crippen molar-refractivity contribution >= 4 is 51.6 Å². The fraction of sp³-hybridized carbons (Fsp3) is 0.0556. The predicted octanol–water partition coefficient (Wildman–Crippen LogP) is 2.24. The van der Waals surface area contributed by atoms with Crippen molar-refractivity contribution in [2.24, 2.45) is 4.99 Å². The molecule has 0 unspecified atom stereocenters. The number of pyridine rings is 1. The molecule has 1 fully saturated rings. The van der Waals surface area contributed by atoms with E-state index in [1.54, 1.807) is 48.8 Å². The lowest BCUT2D eigenvalue weighted by atomic mass is 10.1. The molecule has 0 saturated carbocycles. The maximum absolute atomic E-state index is 12.8. The molecule has 26 heavy (non-hydrogen) atoms. The quantitative estimate of drug-likeness (QED) is 0.784. The van der Waals surface area contributed by atoms with E-state index >= 15 is 0 Å². The number of carbonyl (C=O) groups excluding carboxylic acids is 3. The van der Waals surface area contributed by atoms with E-state index in [2.05, 4.69) is 15.3 Å². The van der Waals surface area contributed by atoms with Gasteiger partial charge in [0.15, 0.2) is 5.17 Å². The number of amides is 3. The zero-order valence-corrected chi connectivity index (χ0v) is 14.4. The highest BCUT2D eigenvalue weighted by Crippen LogP contribution is 2.42. The van der Waals surface area contributed by atoms with Crippen LogP contribution in [0.3, 0.4) is 0 Å². The predicted molar refractivity (Wildman–Crippen MR) is 98.6 cm³/mol. The number of hydrogen-bond acceptors (Lipinski definition) is 6. The standard InChI is InChI=1S/C18H12N4O3S/c1-10(23)22-13-7-3-2-6-12(13)14(17(22)25)15-16(24)21-18(26-15)20-11-5-4-8-19-9-11/h2-9H,1H3,(H,20,21,24)/b15-14-. The Kier molecular flexibility index (Phi) is 3.89. The third-order valence-corrected chi connectivity index (χ3v) is 4.86. The molecule has 1 N–H and O–H groups in total. The molecule has 0 atom stereocenters. The molecule has 2 aromatic rings. The Hall–Kier alpha value is -3.26. The molecule has 0 radical (unpaired) electrons. The van der Waals surface area contributed by atoms with E-state index in [-0.39, 0.29) is 10.5 Å². The van der Waals surface area contributed by atoms with Crippen molar-refractivity contribution in [2.45, 2.75) is 6.92 Å². The molecule has 0 spiro atoms. The van der Waals surface area contributed by atoms with E-state index in [1.165, 1.54) is 6.92 Å². The molecule has 8 heteroatoms. The van der Waals surface area contributed by atoms with Crippen LogP contribution in [0.1, 0.15) is 12.5 Å². The number of rotatable bonds is 1. The second kappa shape index (κ2) is 6.23. The fourth-order valence-corrected chi connectivity index (χ4v) is 3.75. The number of hydrogen-bond donors (Lipinski definition) is 1. The summed E-state index contributed by atoms with van der Waals surface area (Å²) in [4.78, 5) is 46.8. The Bertz CT molecular complexity index is 1010. The van der Waals surface area contributed by atoms with Crippen molar-refractivity contribution < 1.29 is 14.4 Å². The zero-order chi connectivity index (χ0) is 18.3. The zero-order valence-electron chi connectivity index (χ0n) is 13.6. The van der Waals surface area contributed by atoms with Gasteiger partial charge in [0.1, 0.15) is 0 Å². The molecular weight excluding hydrogens is 352 g/mol. The molecule has 7 nitrogen and oxygen atoms in total. The van der Waals surface area contributed by atoms with Crippen molar-refractivity contribution in [1.82, 2.24) is 10.3 Å². The van der Waals surface area contributed by atoms with Gasteiger partial charge in [-0.3, -0.25) is 19.4 Å². The van der Waals surface area contributed by atoms with E-state index in [0.29, 0.717) is 22.1 Å². The molecule has 2 aliphatic rings. The van der Waals surface area contributed by atoms with Crippen molar-refractivity contribution in [2.75, 3.05) is 4.90 Å². The van der Waals surface area contributed by atoms with Crippen LogP contribution in [0.2, 0.25) is 0 Å². The van der Waals surface area contributed by atoms with Gasteiger partial charge in [0, 0.05) is 18.7 Å². The van der Waals surface area contributed by atoms with Gasteiger partial charge in [0.2, 0.25) is 5.91 Å². The third kappa shape index (κ3) is 2.60. The minimum Gasteiger partial charge on any atom is -0.300 e. The van der Waals surface area contributed by atoms with Gasteiger partial charge in [0.05, 0.1) is 28.0 Å². The maximum Gasteiger partial charge on any atom is 0.267 e. The molecule has 0 aliphatic carbocycles. The first kappa shape index (κ1) is 16.2. The number of para-hydroxylation sites is 1. The Balaban J connectivity index is 1.80. The molecule has 3 heterocycles. The highest BCUT2D eigenvalue weighted by Gasteiger charge is 2.40. The first-order valence-corrected chi connectivity index (χ1v) is 8.54. The molecule has 3 amide bonds. The monoisotopic (exact) mass is 364 g/mol. The number of anilines is 1. The summed E-state index contributed by atoms with van der Waals surface area (Å²) in [6.07, 6.45) is 3.19. The molecule has 128 valence electrons. The Morgan fingerprint density at radius 2 is 2.00 bits per heavy atom. The van der Waals surface area contributed by atoms with Crippen molar-refractivity contribution in [3.8, 4) is 0 Å². The lowest BCUT2D eigenvalue weighted by molar-refractivity contribution is -0.122. The Morgan fingerprint density at radius 1 is 1.19 bits per heavy atom. The smallest absolute Gasteiger partial charge is 0.267 e. The molecule has 1 aromatic heterocycles. The molecule has 2 aliphatic heterocycles. The van der Waals surface area contributed by atoms with Crippen molar-refractivity contribution in [3.63, 3.8) is 0 Å². The van der Waals surface area contributed by atoms with Gasteiger partial charge in [-0.1, -0.05) is 18.2 Å². The van der Waals surface area contributed by atoms with Crippen LogP contribution in [0.25, 0.3) is 5.57 Å². The summed E-state index contributed by atoms with van der Waals surface area (Å²) in [6.45, 7) is 1.32. The molecule has 1 aromatic carbocycles. The number of fused-ring (bicyclic) bond motifs is 1. The van der Waals surface area contributed by atoms with E-state index in [9.17, 15) is 14.4 Å². The number of aromatic nitrogens is 1. The lowest BCUT2D eigenvalue weighted by Crippen LogP contribution is -2.31. The number of amidine groups is 1. The number of thioether (sulfide) groups is 1. The highest BCUT2D eigenvalue weighted by atomic mass is 32.2. The second-order valence-corrected chi connectivity index (χ2v) is 6.56. The number of imide groups is 1. The summed E-state index contributed by atoms with van der Waals surface area (Å²) in [6, 6.07) is 10.4. The van der Waals surface area contributed by atoms with E-state index < -0.39 is 17.7 Å². The highest BCUT2D eigenvalue weighted by molar-refractivity contribution is 8.18. The molecule has 1 saturated heterocycles. The minimum atomic E-state index is -0.501. The van der Waals surface area contributed by atoms with Gasteiger partial charge in [-0.2, -0.15) is 0 Å². The van der Waals surface area contributed by atoms with Crippen molar-refractivity contribution in [1.29, 1.82) is 0 Å². The van der Waals surface area contributed by atoms with Gasteiger partial charge in [-0.05, 0) is 30.0 Å². The molecular formula is C18H12N4O3S. The first-order valence-electron chi connectivity index (χ1n) is 7.73. The number of aliphatic imine (C=N–C) groups is 1. The Morgan fingerprint density at radius 3 is 2.73 bits per heavy atom. The topological polar surface area (TPSA) is 91.7 Å².